The van der Waals surface area contributed by atoms with E-state index in [4.69, 9.17) is 9.47 Å². The van der Waals surface area contributed by atoms with Gasteiger partial charge >= 0.3 is 0 Å². The van der Waals surface area contributed by atoms with Gasteiger partial charge in [-0.25, -0.2) is 0 Å². The molecule has 0 aromatic carbocycles. The molecule has 2 fully saturated rings. The maximum Gasteiger partial charge on any atom is 0.0806 e. The molecule has 1 N–H and O–H groups in total. The van der Waals surface area contributed by atoms with Crippen molar-refractivity contribution in [2.45, 2.75) is 70.8 Å². The van der Waals surface area contributed by atoms with Crippen molar-refractivity contribution < 1.29 is 9.47 Å². The summed E-state index contributed by atoms with van der Waals surface area (Å²) in [6, 6.07) is 0. The first-order valence-corrected chi connectivity index (χ1v) is 9.20. The van der Waals surface area contributed by atoms with Crippen molar-refractivity contribution >= 4 is 0 Å². The van der Waals surface area contributed by atoms with Crippen LogP contribution in [0.5, 0.6) is 0 Å². The first kappa shape index (κ1) is 17.2. The Morgan fingerprint density at radius 3 is 2.38 bits per heavy atom. The first-order valence-electron chi connectivity index (χ1n) is 9.20. The lowest BCUT2D eigenvalue weighted by atomic mass is 9.77. The van der Waals surface area contributed by atoms with Gasteiger partial charge in [0.25, 0.3) is 0 Å². The van der Waals surface area contributed by atoms with Gasteiger partial charge in [0.05, 0.1) is 12.2 Å². The Hall–Kier alpha value is -0.120. The number of hydrogen-bond donors (Lipinski definition) is 1. The van der Waals surface area contributed by atoms with E-state index in [1.807, 2.05) is 0 Å². The second kappa shape index (κ2) is 9.12. The molecule has 21 heavy (non-hydrogen) atoms. The Labute approximate surface area is 131 Å². The normalized spacial score (nSPS) is 31.4. The van der Waals surface area contributed by atoms with Crippen molar-refractivity contribution in [2.75, 3.05) is 32.9 Å². The molecule has 0 bridgehead atoms. The van der Waals surface area contributed by atoms with Crippen LogP contribution in [0.15, 0.2) is 0 Å². The van der Waals surface area contributed by atoms with Crippen LogP contribution in [-0.4, -0.2) is 38.5 Å². The minimum absolute atomic E-state index is 0.110. The van der Waals surface area contributed by atoms with Crippen molar-refractivity contribution in [2.24, 2.45) is 11.8 Å². The van der Waals surface area contributed by atoms with Crippen LogP contribution < -0.4 is 5.32 Å². The van der Waals surface area contributed by atoms with Gasteiger partial charge in [0.2, 0.25) is 0 Å². The lowest BCUT2D eigenvalue weighted by Gasteiger charge is -2.41. The lowest BCUT2D eigenvalue weighted by molar-refractivity contribution is -0.0990. The Morgan fingerprint density at radius 2 is 1.76 bits per heavy atom. The Balaban J connectivity index is 1.82. The molecule has 0 atom stereocenters. The molecule has 0 unspecified atom stereocenters. The molecule has 0 amide bonds. The predicted octanol–water partition coefficient (Wildman–Crippen LogP) is 3.77. The standard InChI is InChI=1S/C18H35NO2/c1-3-11-19-15-18(9-5-16(4-2)6-10-18)21-14-17-7-12-20-13-8-17/h16-17,19H,3-15H2,1-2H3. The van der Waals surface area contributed by atoms with E-state index in [0.717, 1.165) is 38.8 Å². The molecule has 1 heterocycles. The average molecular weight is 297 g/mol. The maximum absolute atomic E-state index is 6.53. The summed E-state index contributed by atoms with van der Waals surface area (Å²) in [7, 11) is 0. The fourth-order valence-electron chi connectivity index (χ4n) is 3.68. The van der Waals surface area contributed by atoms with Crippen LogP contribution in [0, 0.1) is 11.8 Å². The van der Waals surface area contributed by atoms with Crippen LogP contribution in [0.4, 0.5) is 0 Å². The van der Waals surface area contributed by atoms with Gasteiger partial charge in [-0.2, -0.15) is 0 Å². The second-order valence-electron chi connectivity index (χ2n) is 7.08. The zero-order chi connectivity index (χ0) is 15.0. The molecule has 3 nitrogen and oxygen atoms in total. The smallest absolute Gasteiger partial charge is 0.0806 e. The van der Waals surface area contributed by atoms with Gasteiger partial charge < -0.3 is 14.8 Å². The molecule has 3 heteroatoms. The molecule has 0 spiro atoms. The molecular formula is C18H35NO2. The van der Waals surface area contributed by atoms with Crippen molar-refractivity contribution in [1.82, 2.24) is 5.32 Å². The van der Waals surface area contributed by atoms with Crippen molar-refractivity contribution in [3.05, 3.63) is 0 Å². The van der Waals surface area contributed by atoms with E-state index >= 15 is 0 Å². The molecule has 124 valence electrons. The van der Waals surface area contributed by atoms with Crippen molar-refractivity contribution in [1.29, 1.82) is 0 Å². The zero-order valence-electron chi connectivity index (χ0n) is 14.2. The van der Waals surface area contributed by atoms with Gasteiger partial charge in [0, 0.05) is 19.8 Å². The third-order valence-corrected chi connectivity index (χ3v) is 5.43. The first-order chi connectivity index (χ1) is 10.3. The summed E-state index contributed by atoms with van der Waals surface area (Å²) in [4.78, 5) is 0. The highest BCUT2D eigenvalue weighted by Gasteiger charge is 2.36. The minimum atomic E-state index is 0.110. The van der Waals surface area contributed by atoms with Crippen LogP contribution in [0.25, 0.3) is 0 Å². The number of nitrogens with one attached hydrogen (secondary N) is 1. The van der Waals surface area contributed by atoms with Crippen LogP contribution in [0.2, 0.25) is 0 Å². The van der Waals surface area contributed by atoms with E-state index in [-0.39, 0.29) is 5.60 Å². The highest BCUT2D eigenvalue weighted by Crippen LogP contribution is 2.36. The Bertz CT molecular complexity index is 263. The van der Waals surface area contributed by atoms with E-state index in [1.54, 1.807) is 0 Å². The molecule has 1 aliphatic carbocycles. The summed E-state index contributed by atoms with van der Waals surface area (Å²) < 4.78 is 12.0. The van der Waals surface area contributed by atoms with Crippen LogP contribution in [0.1, 0.15) is 65.2 Å². The maximum atomic E-state index is 6.53. The second-order valence-corrected chi connectivity index (χ2v) is 7.08. The van der Waals surface area contributed by atoms with Crippen molar-refractivity contribution in [3.8, 4) is 0 Å². The lowest BCUT2D eigenvalue weighted by Crippen LogP contribution is -2.47. The molecular weight excluding hydrogens is 262 g/mol. The fraction of sp³-hybridized carbons (Fsp3) is 1.00. The van der Waals surface area contributed by atoms with E-state index in [9.17, 15) is 0 Å². The largest absolute Gasteiger partial charge is 0.381 e. The van der Waals surface area contributed by atoms with E-state index in [2.05, 4.69) is 19.2 Å². The summed E-state index contributed by atoms with van der Waals surface area (Å²) in [5, 5.41) is 3.62. The van der Waals surface area contributed by atoms with Gasteiger partial charge in [-0.1, -0.05) is 20.3 Å². The summed E-state index contributed by atoms with van der Waals surface area (Å²) in [5.74, 6) is 1.64. The Morgan fingerprint density at radius 1 is 1.05 bits per heavy atom. The highest BCUT2D eigenvalue weighted by molar-refractivity contribution is 4.89. The monoisotopic (exact) mass is 297 g/mol. The van der Waals surface area contributed by atoms with Gasteiger partial charge in [0.15, 0.2) is 0 Å². The van der Waals surface area contributed by atoms with Crippen molar-refractivity contribution in [3.63, 3.8) is 0 Å². The van der Waals surface area contributed by atoms with E-state index in [1.165, 1.54) is 51.4 Å². The van der Waals surface area contributed by atoms with E-state index < -0.39 is 0 Å². The topological polar surface area (TPSA) is 30.5 Å². The van der Waals surface area contributed by atoms with Gasteiger partial charge in [-0.3, -0.25) is 0 Å². The molecule has 2 aliphatic rings. The van der Waals surface area contributed by atoms with Gasteiger partial charge in [-0.15, -0.1) is 0 Å². The predicted molar refractivity (Wildman–Crippen MR) is 87.6 cm³/mol. The Kier molecular flexibility index (Phi) is 7.48. The molecule has 0 radical (unpaired) electrons. The van der Waals surface area contributed by atoms with Crippen LogP contribution >= 0.6 is 0 Å². The summed E-state index contributed by atoms with van der Waals surface area (Å²) in [5.41, 5.74) is 0.110. The molecule has 1 aliphatic heterocycles. The van der Waals surface area contributed by atoms with Gasteiger partial charge in [-0.05, 0) is 63.3 Å². The highest BCUT2D eigenvalue weighted by atomic mass is 16.5. The zero-order valence-corrected chi connectivity index (χ0v) is 14.2. The SMILES string of the molecule is CCCNCC1(OCC2CCOCC2)CCC(CC)CC1. The summed E-state index contributed by atoms with van der Waals surface area (Å²) in [6.45, 7) is 9.50. The molecule has 0 aromatic rings. The van der Waals surface area contributed by atoms with E-state index in [0.29, 0.717) is 5.92 Å². The molecule has 0 aromatic heterocycles. The van der Waals surface area contributed by atoms with Crippen LogP contribution in [-0.2, 0) is 9.47 Å². The number of hydrogen-bond acceptors (Lipinski definition) is 3. The average Bonchev–Trinajstić information content (AvgIpc) is 2.55. The third-order valence-electron chi connectivity index (χ3n) is 5.43. The number of ether oxygens (including phenoxy) is 2. The molecule has 1 saturated heterocycles. The number of rotatable bonds is 8. The summed E-state index contributed by atoms with van der Waals surface area (Å²) >= 11 is 0. The quantitative estimate of drug-likeness (QED) is 0.692. The molecule has 2 rings (SSSR count). The molecule has 1 saturated carbocycles. The third kappa shape index (κ3) is 5.54. The van der Waals surface area contributed by atoms with Gasteiger partial charge in [0.1, 0.15) is 0 Å². The minimum Gasteiger partial charge on any atom is -0.381 e. The fourth-order valence-corrected chi connectivity index (χ4v) is 3.68. The summed E-state index contributed by atoms with van der Waals surface area (Å²) in [6.07, 6.45) is 10.1. The van der Waals surface area contributed by atoms with Crippen LogP contribution in [0.3, 0.4) is 0 Å².